The Labute approximate surface area is 123 Å². The number of thiazole rings is 1. The molecular weight excluding hydrogens is 274 g/mol. The SMILES string of the molecule is Cc1nc(CN2CCOCC2)sc1C(=O)N1CCCC1. The van der Waals surface area contributed by atoms with Crippen molar-refractivity contribution in [3.8, 4) is 0 Å². The smallest absolute Gasteiger partial charge is 0.265 e. The van der Waals surface area contributed by atoms with Crippen LogP contribution in [0.25, 0.3) is 0 Å². The summed E-state index contributed by atoms with van der Waals surface area (Å²) in [6.07, 6.45) is 2.26. The van der Waals surface area contributed by atoms with Gasteiger partial charge in [-0.1, -0.05) is 0 Å². The molecular formula is C14H21N3O2S. The zero-order valence-corrected chi connectivity index (χ0v) is 12.7. The van der Waals surface area contributed by atoms with E-state index in [0.717, 1.165) is 74.4 Å². The van der Waals surface area contributed by atoms with E-state index in [1.165, 1.54) is 0 Å². The van der Waals surface area contributed by atoms with Gasteiger partial charge in [0.1, 0.15) is 9.88 Å². The van der Waals surface area contributed by atoms with Crippen LogP contribution in [0, 0.1) is 6.92 Å². The fourth-order valence-corrected chi connectivity index (χ4v) is 3.81. The number of hydrogen-bond donors (Lipinski definition) is 0. The van der Waals surface area contributed by atoms with E-state index in [4.69, 9.17) is 4.74 Å². The molecule has 5 nitrogen and oxygen atoms in total. The number of amides is 1. The molecule has 0 N–H and O–H groups in total. The molecule has 1 aromatic heterocycles. The first kappa shape index (κ1) is 14.0. The quantitative estimate of drug-likeness (QED) is 0.848. The van der Waals surface area contributed by atoms with Gasteiger partial charge in [0.2, 0.25) is 0 Å². The van der Waals surface area contributed by atoms with Gasteiger partial charge in [-0.05, 0) is 19.8 Å². The van der Waals surface area contributed by atoms with Crippen molar-refractivity contribution in [1.82, 2.24) is 14.8 Å². The molecule has 1 amide bonds. The van der Waals surface area contributed by atoms with Crippen LogP contribution in [0.5, 0.6) is 0 Å². The zero-order valence-electron chi connectivity index (χ0n) is 11.9. The molecule has 110 valence electrons. The molecule has 2 fully saturated rings. The molecule has 0 aromatic carbocycles. The van der Waals surface area contributed by atoms with Crippen molar-refractivity contribution in [2.45, 2.75) is 26.3 Å². The first-order chi connectivity index (χ1) is 9.74. The second-order valence-corrected chi connectivity index (χ2v) is 6.49. The topological polar surface area (TPSA) is 45.7 Å². The maximum absolute atomic E-state index is 12.4. The van der Waals surface area contributed by atoms with Crippen LogP contribution in [0.3, 0.4) is 0 Å². The molecule has 0 bridgehead atoms. The minimum Gasteiger partial charge on any atom is -0.379 e. The molecule has 2 aliphatic heterocycles. The Morgan fingerprint density at radius 1 is 1.25 bits per heavy atom. The number of hydrogen-bond acceptors (Lipinski definition) is 5. The maximum Gasteiger partial charge on any atom is 0.265 e. The van der Waals surface area contributed by atoms with Gasteiger partial charge in [0.15, 0.2) is 0 Å². The number of likely N-dealkylation sites (tertiary alicyclic amines) is 1. The molecule has 2 saturated heterocycles. The number of rotatable bonds is 3. The summed E-state index contributed by atoms with van der Waals surface area (Å²) in [7, 11) is 0. The molecule has 3 rings (SSSR count). The number of aromatic nitrogens is 1. The summed E-state index contributed by atoms with van der Waals surface area (Å²) in [4.78, 5) is 22.1. The van der Waals surface area contributed by atoms with E-state index >= 15 is 0 Å². The number of nitrogens with zero attached hydrogens (tertiary/aromatic N) is 3. The van der Waals surface area contributed by atoms with Crippen LogP contribution < -0.4 is 0 Å². The van der Waals surface area contributed by atoms with E-state index in [1.54, 1.807) is 11.3 Å². The van der Waals surface area contributed by atoms with Gasteiger partial charge < -0.3 is 9.64 Å². The van der Waals surface area contributed by atoms with E-state index in [1.807, 2.05) is 11.8 Å². The Bertz CT molecular complexity index is 477. The van der Waals surface area contributed by atoms with Crippen molar-refractivity contribution < 1.29 is 9.53 Å². The third-order valence-corrected chi connectivity index (χ3v) is 5.02. The van der Waals surface area contributed by atoms with Crippen LogP contribution in [-0.4, -0.2) is 60.1 Å². The monoisotopic (exact) mass is 295 g/mol. The Kier molecular flexibility index (Phi) is 4.33. The van der Waals surface area contributed by atoms with E-state index in [2.05, 4.69) is 9.88 Å². The zero-order chi connectivity index (χ0) is 13.9. The lowest BCUT2D eigenvalue weighted by Crippen LogP contribution is -2.35. The lowest BCUT2D eigenvalue weighted by molar-refractivity contribution is 0.0341. The summed E-state index contributed by atoms with van der Waals surface area (Å²) < 4.78 is 5.35. The lowest BCUT2D eigenvalue weighted by atomic mass is 10.3. The maximum atomic E-state index is 12.4. The van der Waals surface area contributed by atoms with Gasteiger partial charge in [-0.25, -0.2) is 4.98 Å². The molecule has 0 atom stereocenters. The standard InChI is InChI=1S/C14H21N3O2S/c1-11-13(14(18)17-4-2-3-5-17)20-12(15-11)10-16-6-8-19-9-7-16/h2-10H2,1H3. The van der Waals surface area contributed by atoms with Crippen LogP contribution in [0.1, 0.15) is 33.2 Å². The first-order valence-corrected chi connectivity index (χ1v) is 8.11. The summed E-state index contributed by atoms with van der Waals surface area (Å²) in [6.45, 7) is 8.07. The number of carbonyl (C=O) groups is 1. The Morgan fingerprint density at radius 2 is 1.95 bits per heavy atom. The molecule has 1 aromatic rings. The highest BCUT2D eigenvalue weighted by Crippen LogP contribution is 2.23. The summed E-state index contributed by atoms with van der Waals surface area (Å²) in [5.41, 5.74) is 0.884. The van der Waals surface area contributed by atoms with Gasteiger partial charge in [-0.2, -0.15) is 0 Å². The summed E-state index contributed by atoms with van der Waals surface area (Å²) in [5, 5.41) is 1.05. The molecule has 6 heteroatoms. The van der Waals surface area contributed by atoms with E-state index in [9.17, 15) is 4.79 Å². The lowest BCUT2D eigenvalue weighted by Gasteiger charge is -2.25. The van der Waals surface area contributed by atoms with Crippen LogP contribution in [0.4, 0.5) is 0 Å². The molecule has 0 spiro atoms. The molecule has 0 radical (unpaired) electrons. The second kappa shape index (κ2) is 6.20. The van der Waals surface area contributed by atoms with Crippen molar-refractivity contribution in [2.24, 2.45) is 0 Å². The number of morpholine rings is 1. The van der Waals surface area contributed by atoms with Crippen molar-refractivity contribution in [1.29, 1.82) is 0 Å². The Morgan fingerprint density at radius 3 is 2.65 bits per heavy atom. The third-order valence-electron chi connectivity index (χ3n) is 3.89. The predicted molar refractivity (Wildman–Crippen MR) is 78.1 cm³/mol. The fourth-order valence-electron chi connectivity index (χ4n) is 2.73. The van der Waals surface area contributed by atoms with Crippen LogP contribution in [-0.2, 0) is 11.3 Å². The summed E-state index contributed by atoms with van der Waals surface area (Å²) >= 11 is 1.56. The van der Waals surface area contributed by atoms with Crippen molar-refractivity contribution >= 4 is 17.2 Å². The largest absolute Gasteiger partial charge is 0.379 e. The third kappa shape index (κ3) is 3.02. The number of ether oxygens (including phenoxy) is 1. The summed E-state index contributed by atoms with van der Waals surface area (Å²) in [6, 6.07) is 0. The van der Waals surface area contributed by atoms with E-state index in [0.29, 0.717) is 0 Å². The Hall–Kier alpha value is -0.980. The van der Waals surface area contributed by atoms with Gasteiger partial charge >= 0.3 is 0 Å². The average molecular weight is 295 g/mol. The van der Waals surface area contributed by atoms with Gasteiger partial charge in [0.25, 0.3) is 5.91 Å². The van der Waals surface area contributed by atoms with Crippen molar-refractivity contribution in [2.75, 3.05) is 39.4 Å². The molecule has 0 aliphatic carbocycles. The molecule has 20 heavy (non-hydrogen) atoms. The van der Waals surface area contributed by atoms with Crippen LogP contribution in [0.15, 0.2) is 0 Å². The molecule has 3 heterocycles. The molecule has 0 saturated carbocycles. The predicted octanol–water partition coefficient (Wildman–Crippen LogP) is 1.52. The number of carbonyl (C=O) groups excluding carboxylic acids is 1. The Balaban J connectivity index is 1.68. The van der Waals surface area contributed by atoms with Crippen LogP contribution >= 0.6 is 11.3 Å². The van der Waals surface area contributed by atoms with Gasteiger partial charge in [-0.3, -0.25) is 9.69 Å². The highest BCUT2D eigenvalue weighted by atomic mass is 32.1. The fraction of sp³-hybridized carbons (Fsp3) is 0.714. The van der Waals surface area contributed by atoms with E-state index < -0.39 is 0 Å². The van der Waals surface area contributed by atoms with Gasteiger partial charge in [-0.15, -0.1) is 11.3 Å². The molecule has 2 aliphatic rings. The molecule has 0 unspecified atom stereocenters. The van der Waals surface area contributed by atoms with Crippen molar-refractivity contribution in [3.05, 3.63) is 15.6 Å². The van der Waals surface area contributed by atoms with Gasteiger partial charge in [0, 0.05) is 26.2 Å². The van der Waals surface area contributed by atoms with Crippen LogP contribution in [0.2, 0.25) is 0 Å². The number of aryl methyl sites for hydroxylation is 1. The first-order valence-electron chi connectivity index (χ1n) is 7.30. The normalized spacial score (nSPS) is 20.6. The second-order valence-electron chi connectivity index (χ2n) is 5.41. The summed E-state index contributed by atoms with van der Waals surface area (Å²) in [5.74, 6) is 0.172. The van der Waals surface area contributed by atoms with Gasteiger partial charge in [0.05, 0.1) is 25.5 Å². The highest BCUT2D eigenvalue weighted by molar-refractivity contribution is 7.13. The van der Waals surface area contributed by atoms with E-state index in [-0.39, 0.29) is 5.91 Å². The minimum atomic E-state index is 0.172. The van der Waals surface area contributed by atoms with Crippen molar-refractivity contribution in [3.63, 3.8) is 0 Å². The minimum absolute atomic E-state index is 0.172. The highest BCUT2D eigenvalue weighted by Gasteiger charge is 2.24. The average Bonchev–Trinajstić information content (AvgIpc) is 3.09.